The Kier molecular flexibility index (Phi) is 23.3. The van der Waals surface area contributed by atoms with Crippen molar-refractivity contribution >= 4 is 109 Å². The second-order valence-electron chi connectivity index (χ2n) is 20.7. The Balaban J connectivity index is 0.000000141. The number of para-hydroxylation sites is 3. The molecule has 8 aromatic heterocycles. The predicted octanol–water partition coefficient (Wildman–Crippen LogP) is 16.2. The zero-order chi connectivity index (χ0) is 68.0. The fourth-order valence-corrected chi connectivity index (χ4v) is 12.9. The number of esters is 1. The van der Waals surface area contributed by atoms with Crippen molar-refractivity contribution < 1.29 is 33.5 Å². The Hall–Kier alpha value is -12.0. The highest BCUT2D eigenvalue weighted by Gasteiger charge is 2.23. The van der Waals surface area contributed by atoms with Gasteiger partial charge in [-0.1, -0.05) is 84.9 Å². The van der Waals surface area contributed by atoms with Crippen molar-refractivity contribution in [2.45, 2.75) is 27.7 Å². The number of carbonyl (C=O) groups is 6. The monoisotopic (exact) mass is 1360 g/mol. The zero-order valence-corrected chi connectivity index (χ0v) is 55.9. The van der Waals surface area contributed by atoms with E-state index in [1.807, 2.05) is 146 Å². The molecular weight excluding hydrogens is 1300 g/mol. The van der Waals surface area contributed by atoms with Gasteiger partial charge in [0.2, 0.25) is 5.91 Å². The largest absolute Gasteiger partial charge is 0.465 e. The molecule has 5 N–H and O–H groups in total. The number of aryl methyl sites for hydroxylation is 3. The van der Waals surface area contributed by atoms with E-state index in [1.54, 1.807) is 112 Å². The average molecular weight is 1360 g/mol. The summed E-state index contributed by atoms with van der Waals surface area (Å²) in [5.41, 5.74) is 10.6. The summed E-state index contributed by atoms with van der Waals surface area (Å²) in [5.74, 6) is -1.52. The summed E-state index contributed by atoms with van der Waals surface area (Å²) in [7, 11) is 1.30. The van der Waals surface area contributed by atoms with E-state index in [0.29, 0.717) is 59.2 Å². The summed E-state index contributed by atoms with van der Waals surface area (Å²) >= 11 is 5.35. The molecule has 0 saturated heterocycles. The highest BCUT2D eigenvalue weighted by molar-refractivity contribution is 7.18. The molecule has 0 fully saturated rings. The molecule has 0 bridgehead atoms. The lowest BCUT2D eigenvalue weighted by Crippen LogP contribution is -2.15. The number of hydrogen-bond donors (Lipinski definition) is 5. The first kappa shape index (κ1) is 67.9. The Labute approximate surface area is 573 Å². The molecule has 20 nitrogen and oxygen atoms in total. The minimum absolute atomic E-state index is 0.133. The molecule has 482 valence electrons. The number of nitrogens with one attached hydrogen (secondary N) is 5. The van der Waals surface area contributed by atoms with Gasteiger partial charge in [-0.3, -0.25) is 43.9 Å². The van der Waals surface area contributed by atoms with Gasteiger partial charge in [0.25, 0.3) is 23.6 Å². The van der Waals surface area contributed by atoms with Gasteiger partial charge in [-0.2, -0.15) is 0 Å². The maximum atomic E-state index is 12.9. The molecule has 0 aliphatic heterocycles. The van der Waals surface area contributed by atoms with Gasteiger partial charge in [0.15, 0.2) is 0 Å². The second kappa shape index (κ2) is 33.2. The predicted molar refractivity (Wildman–Crippen MR) is 384 cm³/mol. The molecule has 24 heteroatoms. The number of pyridine rings is 4. The molecule has 0 saturated carbocycles. The molecule has 13 rings (SSSR count). The first-order valence-electron chi connectivity index (χ1n) is 29.7. The van der Waals surface area contributed by atoms with Crippen LogP contribution in [0.5, 0.6) is 0 Å². The maximum Gasteiger partial charge on any atom is 0.339 e. The molecule has 0 unspecified atom stereocenters. The van der Waals surface area contributed by atoms with Gasteiger partial charge in [-0.25, -0.2) is 24.7 Å². The summed E-state index contributed by atoms with van der Waals surface area (Å²) in [4.78, 5) is 110. The van der Waals surface area contributed by atoms with E-state index in [-0.39, 0.29) is 29.5 Å². The number of anilines is 5. The summed E-state index contributed by atoms with van der Waals surface area (Å²) in [5, 5.41) is 17.2. The highest BCUT2D eigenvalue weighted by Crippen LogP contribution is 2.35. The number of amides is 5. The third-order valence-electron chi connectivity index (χ3n) is 13.6. The first-order valence-corrected chi connectivity index (χ1v) is 32.9. The van der Waals surface area contributed by atoms with Crippen LogP contribution < -0.4 is 26.6 Å². The topological polar surface area (TPSA) is 275 Å². The number of benzene rings is 5. The fourth-order valence-electron chi connectivity index (χ4n) is 9.08. The molecule has 0 spiro atoms. The number of thiazole rings is 4. The smallest absolute Gasteiger partial charge is 0.339 e. The Bertz CT molecular complexity index is 4830. The minimum Gasteiger partial charge on any atom is -0.465 e. The minimum atomic E-state index is -0.507. The Morgan fingerprint density at radius 1 is 0.351 bits per heavy atom. The molecule has 0 aliphatic carbocycles. The summed E-state index contributed by atoms with van der Waals surface area (Å²) in [6.45, 7) is 6.86. The van der Waals surface area contributed by atoms with Crippen LogP contribution in [0.4, 0.5) is 28.4 Å². The standard InChI is InChI=1S/C21H15N3OS.C18H16N4O2S.C18H15N3O3S.C16H13N3OS/c25-20(23-17-11-5-2-6-12-17)19-18(15-8-3-1-4-9-15)24-21(26-19)16-10-7-13-22-14-16;1-11-16(25-18(20-11)13-5-4-8-19-10-13)17(24)22-15-7-3-6-14(9-15)21-12(2)23;1-11-15(25-17(20-11)12-6-5-9-19-10-12)16(22)21-14-8-4-3-7-13(14)18(23)24-2;1-11-14(15(20)19-13-7-3-2-4-8-13)21-16(18-11)12-6-5-9-17-10-12/h1-14H,(H,23,25);3-10H,1-2H3,(H,21,23)(H,22,24);3-10H,1-2H3,(H,21,22);2-10H,1H3,(H,19,20). The van der Waals surface area contributed by atoms with Gasteiger partial charge in [0.1, 0.15) is 39.5 Å². The van der Waals surface area contributed by atoms with Crippen molar-refractivity contribution in [1.82, 2.24) is 39.9 Å². The van der Waals surface area contributed by atoms with Gasteiger partial charge in [0.05, 0.1) is 41.1 Å². The molecule has 5 aromatic carbocycles. The fraction of sp³-hybridized carbons (Fsp3) is 0.0685. The maximum absolute atomic E-state index is 12.9. The van der Waals surface area contributed by atoms with Crippen LogP contribution in [0.2, 0.25) is 0 Å². The number of aromatic nitrogens is 8. The molecule has 0 atom stereocenters. The lowest BCUT2D eigenvalue weighted by Gasteiger charge is -2.08. The quantitative estimate of drug-likeness (QED) is 0.0597. The molecule has 0 radical (unpaired) electrons. The van der Waals surface area contributed by atoms with Crippen LogP contribution in [-0.4, -0.2) is 82.5 Å². The molecule has 5 amide bonds. The van der Waals surface area contributed by atoms with E-state index in [0.717, 1.165) is 64.9 Å². The number of nitrogens with zero attached hydrogens (tertiary/aromatic N) is 8. The van der Waals surface area contributed by atoms with Crippen molar-refractivity contribution in [3.05, 3.63) is 280 Å². The van der Waals surface area contributed by atoms with Crippen LogP contribution in [0.15, 0.2) is 238 Å². The van der Waals surface area contributed by atoms with Gasteiger partial charge in [-0.05, 0) is 124 Å². The van der Waals surface area contributed by atoms with Crippen molar-refractivity contribution in [3.8, 4) is 53.5 Å². The van der Waals surface area contributed by atoms with E-state index in [4.69, 9.17) is 9.72 Å². The number of hydrogen-bond acceptors (Lipinski definition) is 19. The third kappa shape index (κ3) is 18.5. The number of ether oxygens (including phenoxy) is 1. The van der Waals surface area contributed by atoms with Crippen LogP contribution in [0, 0.1) is 20.8 Å². The van der Waals surface area contributed by atoms with Gasteiger partial charge >= 0.3 is 5.97 Å². The van der Waals surface area contributed by atoms with Crippen LogP contribution in [0.25, 0.3) is 53.5 Å². The number of rotatable bonds is 15. The van der Waals surface area contributed by atoms with E-state index in [2.05, 4.69) is 61.5 Å². The van der Waals surface area contributed by atoms with Gasteiger partial charge in [-0.15, -0.1) is 45.3 Å². The Morgan fingerprint density at radius 2 is 0.691 bits per heavy atom. The van der Waals surface area contributed by atoms with Crippen molar-refractivity contribution in [2.75, 3.05) is 33.7 Å². The van der Waals surface area contributed by atoms with Crippen LogP contribution in [-0.2, 0) is 9.53 Å². The molecule has 0 aliphatic rings. The van der Waals surface area contributed by atoms with Crippen molar-refractivity contribution in [2.24, 2.45) is 0 Å². The summed E-state index contributed by atoms with van der Waals surface area (Å²) in [6, 6.07) is 57.3. The molecular formula is C73H59N13O7S4. The van der Waals surface area contributed by atoms with Gasteiger partial charge in [0, 0.05) is 107 Å². The zero-order valence-electron chi connectivity index (χ0n) is 52.6. The van der Waals surface area contributed by atoms with E-state index < -0.39 is 5.97 Å². The van der Waals surface area contributed by atoms with E-state index in [9.17, 15) is 28.8 Å². The normalized spacial score (nSPS) is 10.4. The van der Waals surface area contributed by atoms with Crippen molar-refractivity contribution in [3.63, 3.8) is 0 Å². The molecule has 13 aromatic rings. The van der Waals surface area contributed by atoms with Crippen LogP contribution in [0.1, 0.15) is 73.1 Å². The summed E-state index contributed by atoms with van der Waals surface area (Å²) < 4.78 is 4.74. The Morgan fingerprint density at radius 3 is 1.10 bits per heavy atom. The number of carbonyl (C=O) groups excluding carboxylic acids is 6. The van der Waals surface area contributed by atoms with E-state index in [1.165, 1.54) is 59.4 Å². The van der Waals surface area contributed by atoms with Crippen LogP contribution in [0.3, 0.4) is 0 Å². The first-order chi connectivity index (χ1) is 47.2. The van der Waals surface area contributed by atoms with Gasteiger partial charge < -0.3 is 31.3 Å². The van der Waals surface area contributed by atoms with Crippen LogP contribution >= 0.6 is 45.3 Å². The molecule has 97 heavy (non-hydrogen) atoms. The molecule has 8 heterocycles. The third-order valence-corrected chi connectivity index (χ3v) is 18.3. The average Bonchev–Trinajstić information content (AvgIpc) is 1.62. The lowest BCUT2D eigenvalue weighted by atomic mass is 10.1. The summed E-state index contributed by atoms with van der Waals surface area (Å²) in [6.07, 6.45) is 13.7. The SMILES string of the molecule is CC(=O)Nc1cccc(NC(=O)c2sc(-c3cccnc3)nc2C)c1.COC(=O)c1ccccc1NC(=O)c1sc(-c2cccnc2)nc1C.Cc1nc(-c2cccnc2)sc1C(=O)Nc1ccccc1.O=C(Nc1ccccc1)c1sc(-c2cccnc2)nc1-c1ccccc1. The second-order valence-corrected chi connectivity index (χ2v) is 24.7. The number of methoxy groups -OCH3 is 1. The van der Waals surface area contributed by atoms with E-state index >= 15 is 0 Å². The van der Waals surface area contributed by atoms with Crippen molar-refractivity contribution in [1.29, 1.82) is 0 Å². The lowest BCUT2D eigenvalue weighted by molar-refractivity contribution is -0.114. The highest BCUT2D eigenvalue weighted by atomic mass is 32.1.